The summed E-state index contributed by atoms with van der Waals surface area (Å²) in [7, 11) is 0. The van der Waals surface area contributed by atoms with E-state index < -0.39 is 0 Å². The highest BCUT2D eigenvalue weighted by Crippen LogP contribution is 2.24. The number of halogens is 1. The van der Waals surface area contributed by atoms with E-state index in [0.29, 0.717) is 16.5 Å². The molecule has 0 aliphatic carbocycles. The average Bonchev–Trinajstić information content (AvgIpc) is 2.48. The molecular formula is C17H18ClNOS. The number of nitrogens with one attached hydrogen (secondary N) is 1. The van der Waals surface area contributed by atoms with Crippen LogP contribution in [0.15, 0.2) is 47.4 Å². The predicted octanol–water partition coefficient (Wildman–Crippen LogP) is 5.44. The van der Waals surface area contributed by atoms with Crippen molar-refractivity contribution in [2.24, 2.45) is 0 Å². The fraction of sp³-hybridized carbons (Fsp3) is 0.235. The zero-order chi connectivity index (χ0) is 15.4. The topological polar surface area (TPSA) is 29.1 Å². The van der Waals surface area contributed by atoms with Gasteiger partial charge in [0, 0.05) is 10.6 Å². The maximum Gasteiger partial charge on any atom is 0.257 e. The van der Waals surface area contributed by atoms with E-state index in [2.05, 4.69) is 19.2 Å². The number of amides is 1. The van der Waals surface area contributed by atoms with Crippen molar-refractivity contribution in [3.8, 4) is 0 Å². The highest BCUT2D eigenvalue weighted by Gasteiger charge is 2.11. The molecule has 2 nitrogen and oxygen atoms in total. The Labute approximate surface area is 134 Å². The van der Waals surface area contributed by atoms with Crippen LogP contribution in [0.4, 0.5) is 5.69 Å². The van der Waals surface area contributed by atoms with Crippen molar-refractivity contribution in [1.29, 1.82) is 0 Å². The largest absolute Gasteiger partial charge is 0.322 e. The summed E-state index contributed by atoms with van der Waals surface area (Å²) in [6, 6.07) is 13.4. The van der Waals surface area contributed by atoms with Gasteiger partial charge in [-0.15, -0.1) is 11.8 Å². The van der Waals surface area contributed by atoms with Crippen LogP contribution in [-0.4, -0.2) is 12.2 Å². The molecule has 2 rings (SSSR count). The maximum atomic E-state index is 12.3. The summed E-state index contributed by atoms with van der Waals surface area (Å²) in [5.41, 5.74) is 2.52. The van der Waals surface area contributed by atoms with E-state index in [4.69, 9.17) is 11.6 Å². The zero-order valence-corrected chi connectivity index (χ0v) is 13.9. The Kier molecular flexibility index (Phi) is 5.32. The van der Waals surface area contributed by atoms with Gasteiger partial charge in [-0.2, -0.15) is 0 Å². The minimum atomic E-state index is -0.187. The first-order valence-electron chi connectivity index (χ1n) is 6.76. The molecule has 0 saturated heterocycles. The minimum absolute atomic E-state index is 0.187. The number of thioether (sulfide) groups is 1. The molecule has 0 saturated carbocycles. The van der Waals surface area contributed by atoms with Crippen LogP contribution in [0.3, 0.4) is 0 Å². The molecule has 0 unspecified atom stereocenters. The highest BCUT2D eigenvalue weighted by atomic mass is 35.5. The second-order valence-corrected chi connectivity index (χ2v) is 6.36. The first-order chi connectivity index (χ1) is 10.0. The summed E-state index contributed by atoms with van der Waals surface area (Å²) in [5, 5.41) is 3.35. The van der Waals surface area contributed by atoms with Gasteiger partial charge in [-0.05, 0) is 48.1 Å². The quantitative estimate of drug-likeness (QED) is 0.760. The SMILES string of the molecule is CSc1ccc(Cl)c(C(=O)Nc2ccc(C(C)C)cc2)c1. The van der Waals surface area contributed by atoms with Gasteiger partial charge in [0.05, 0.1) is 10.6 Å². The van der Waals surface area contributed by atoms with Crippen molar-refractivity contribution in [1.82, 2.24) is 0 Å². The Bertz CT molecular complexity index is 638. The molecule has 0 atom stereocenters. The van der Waals surface area contributed by atoms with Crippen LogP contribution in [-0.2, 0) is 0 Å². The summed E-state index contributed by atoms with van der Waals surface area (Å²) in [5.74, 6) is 0.288. The zero-order valence-electron chi connectivity index (χ0n) is 12.3. The maximum absolute atomic E-state index is 12.3. The third kappa shape index (κ3) is 4.02. The summed E-state index contributed by atoms with van der Waals surface area (Å²) in [6.07, 6.45) is 1.97. The molecule has 4 heteroatoms. The van der Waals surface area contributed by atoms with Crippen LogP contribution in [0.1, 0.15) is 35.7 Å². The Morgan fingerprint density at radius 1 is 1.14 bits per heavy atom. The first-order valence-corrected chi connectivity index (χ1v) is 8.36. The highest BCUT2D eigenvalue weighted by molar-refractivity contribution is 7.98. The van der Waals surface area contributed by atoms with E-state index in [1.807, 2.05) is 42.7 Å². The number of rotatable bonds is 4. The van der Waals surface area contributed by atoms with Crippen molar-refractivity contribution >= 4 is 35.0 Å². The van der Waals surface area contributed by atoms with Crippen LogP contribution in [0.5, 0.6) is 0 Å². The lowest BCUT2D eigenvalue weighted by molar-refractivity contribution is 0.102. The van der Waals surface area contributed by atoms with E-state index in [1.54, 1.807) is 17.8 Å². The second-order valence-electron chi connectivity index (χ2n) is 5.08. The molecule has 0 radical (unpaired) electrons. The van der Waals surface area contributed by atoms with Crippen LogP contribution in [0.25, 0.3) is 0 Å². The average molecular weight is 320 g/mol. The molecule has 0 aromatic heterocycles. The number of anilines is 1. The number of benzene rings is 2. The van der Waals surface area contributed by atoms with Crippen molar-refractivity contribution < 1.29 is 4.79 Å². The molecule has 1 N–H and O–H groups in total. The van der Waals surface area contributed by atoms with E-state index >= 15 is 0 Å². The van der Waals surface area contributed by atoms with Crippen LogP contribution < -0.4 is 5.32 Å². The van der Waals surface area contributed by atoms with Gasteiger partial charge in [0.15, 0.2) is 0 Å². The van der Waals surface area contributed by atoms with E-state index in [-0.39, 0.29) is 5.91 Å². The smallest absolute Gasteiger partial charge is 0.257 e. The fourth-order valence-electron chi connectivity index (χ4n) is 1.96. The van der Waals surface area contributed by atoms with Crippen LogP contribution in [0, 0.1) is 0 Å². The number of hydrogen-bond donors (Lipinski definition) is 1. The molecule has 0 aliphatic rings. The normalized spacial score (nSPS) is 10.7. The van der Waals surface area contributed by atoms with Crippen LogP contribution >= 0.6 is 23.4 Å². The molecule has 2 aromatic carbocycles. The van der Waals surface area contributed by atoms with Gasteiger partial charge in [-0.1, -0.05) is 37.6 Å². The Balaban J connectivity index is 2.17. The van der Waals surface area contributed by atoms with E-state index in [9.17, 15) is 4.79 Å². The van der Waals surface area contributed by atoms with E-state index in [1.165, 1.54) is 5.56 Å². The monoisotopic (exact) mass is 319 g/mol. The van der Waals surface area contributed by atoms with Gasteiger partial charge in [0.25, 0.3) is 5.91 Å². The molecule has 2 aromatic rings. The molecule has 0 heterocycles. The molecule has 110 valence electrons. The van der Waals surface area contributed by atoms with Gasteiger partial charge in [0.1, 0.15) is 0 Å². The summed E-state index contributed by atoms with van der Waals surface area (Å²) < 4.78 is 0. The van der Waals surface area contributed by atoms with Crippen LogP contribution in [0.2, 0.25) is 5.02 Å². The third-order valence-corrected chi connectivity index (χ3v) is 4.31. The van der Waals surface area contributed by atoms with Gasteiger partial charge in [0.2, 0.25) is 0 Å². The fourth-order valence-corrected chi connectivity index (χ4v) is 2.60. The summed E-state index contributed by atoms with van der Waals surface area (Å²) in [4.78, 5) is 13.3. The third-order valence-electron chi connectivity index (χ3n) is 3.25. The van der Waals surface area contributed by atoms with Gasteiger partial charge in [-0.25, -0.2) is 0 Å². The summed E-state index contributed by atoms with van der Waals surface area (Å²) >= 11 is 7.69. The van der Waals surface area contributed by atoms with Crippen molar-refractivity contribution in [2.75, 3.05) is 11.6 Å². The Hall–Kier alpha value is -1.45. The first kappa shape index (κ1) is 15.9. The lowest BCUT2D eigenvalue weighted by Gasteiger charge is -2.10. The number of hydrogen-bond acceptors (Lipinski definition) is 2. The second kappa shape index (κ2) is 7.01. The van der Waals surface area contributed by atoms with Gasteiger partial charge >= 0.3 is 0 Å². The lowest BCUT2D eigenvalue weighted by Crippen LogP contribution is -2.12. The lowest BCUT2D eigenvalue weighted by atomic mass is 10.0. The minimum Gasteiger partial charge on any atom is -0.322 e. The van der Waals surface area contributed by atoms with E-state index in [0.717, 1.165) is 10.6 Å². The molecule has 0 aliphatic heterocycles. The standard InChI is InChI=1S/C17H18ClNOS/c1-11(2)12-4-6-13(7-5-12)19-17(20)15-10-14(21-3)8-9-16(15)18/h4-11H,1-3H3,(H,19,20). The summed E-state index contributed by atoms with van der Waals surface area (Å²) in [6.45, 7) is 4.28. The Morgan fingerprint density at radius 2 is 1.81 bits per heavy atom. The molecule has 0 fully saturated rings. The number of carbonyl (C=O) groups is 1. The molecule has 21 heavy (non-hydrogen) atoms. The molecule has 0 bridgehead atoms. The molecule has 0 spiro atoms. The Morgan fingerprint density at radius 3 is 2.38 bits per heavy atom. The molecular weight excluding hydrogens is 302 g/mol. The van der Waals surface area contributed by atoms with Gasteiger partial charge < -0.3 is 5.32 Å². The van der Waals surface area contributed by atoms with Gasteiger partial charge in [-0.3, -0.25) is 4.79 Å². The van der Waals surface area contributed by atoms with Crippen molar-refractivity contribution in [2.45, 2.75) is 24.7 Å². The number of carbonyl (C=O) groups excluding carboxylic acids is 1. The van der Waals surface area contributed by atoms with Crippen molar-refractivity contribution in [3.05, 3.63) is 58.6 Å². The predicted molar refractivity (Wildman–Crippen MR) is 91.7 cm³/mol. The van der Waals surface area contributed by atoms with Crippen molar-refractivity contribution in [3.63, 3.8) is 0 Å². The molecule has 1 amide bonds.